The second-order valence-corrected chi connectivity index (χ2v) is 5.96. The summed E-state index contributed by atoms with van der Waals surface area (Å²) in [4.78, 5) is 14.2. The Balaban J connectivity index is 2.24. The van der Waals surface area contributed by atoms with E-state index in [9.17, 15) is 4.79 Å². The quantitative estimate of drug-likeness (QED) is 0.785. The number of amides is 1. The maximum absolute atomic E-state index is 11.8. The minimum absolute atomic E-state index is 0.0640. The first-order chi connectivity index (χ1) is 9.52. The molecule has 1 aliphatic rings. The number of nitrogens with two attached hydrogens (primary N) is 1. The summed E-state index contributed by atoms with van der Waals surface area (Å²) in [6.07, 6.45) is 3.59. The largest absolute Gasteiger partial charge is 0.397 e. The molecule has 1 aromatic carbocycles. The van der Waals surface area contributed by atoms with E-state index >= 15 is 0 Å². The van der Waals surface area contributed by atoms with Gasteiger partial charge >= 0.3 is 0 Å². The average molecular weight is 275 g/mol. The number of nitrogens with zero attached hydrogens (tertiary/aromatic N) is 1. The molecule has 4 heteroatoms. The molecule has 1 saturated carbocycles. The molecule has 1 amide bonds. The molecule has 0 aromatic heterocycles. The lowest BCUT2D eigenvalue weighted by Crippen LogP contribution is -2.29. The van der Waals surface area contributed by atoms with E-state index in [-0.39, 0.29) is 5.91 Å². The molecule has 4 nitrogen and oxygen atoms in total. The van der Waals surface area contributed by atoms with Crippen molar-refractivity contribution in [3.8, 4) is 0 Å². The zero-order chi connectivity index (χ0) is 14.7. The zero-order valence-corrected chi connectivity index (χ0v) is 12.6. The predicted molar refractivity (Wildman–Crippen MR) is 84.1 cm³/mol. The van der Waals surface area contributed by atoms with Gasteiger partial charge in [0, 0.05) is 25.2 Å². The average Bonchev–Trinajstić information content (AvgIpc) is 3.24. The van der Waals surface area contributed by atoms with Gasteiger partial charge in [-0.05, 0) is 43.4 Å². The summed E-state index contributed by atoms with van der Waals surface area (Å²) in [5.74, 6) is 0.602. The molecule has 0 aliphatic heterocycles. The Hall–Kier alpha value is -1.71. The van der Waals surface area contributed by atoms with Gasteiger partial charge < -0.3 is 16.0 Å². The number of nitrogens with one attached hydrogen (secondary N) is 1. The van der Waals surface area contributed by atoms with Gasteiger partial charge in [-0.25, -0.2) is 0 Å². The normalized spacial score (nSPS) is 14.4. The Kier molecular flexibility index (Phi) is 4.53. The van der Waals surface area contributed by atoms with Crippen LogP contribution in [0.4, 0.5) is 11.4 Å². The Morgan fingerprint density at radius 2 is 2.15 bits per heavy atom. The molecule has 1 aliphatic carbocycles. The fraction of sp³-hybridized carbons (Fsp3) is 0.562. The highest BCUT2D eigenvalue weighted by atomic mass is 16.1. The van der Waals surface area contributed by atoms with E-state index in [1.54, 1.807) is 13.1 Å². The van der Waals surface area contributed by atoms with Crippen LogP contribution < -0.4 is 16.0 Å². The van der Waals surface area contributed by atoms with Crippen molar-refractivity contribution in [3.63, 3.8) is 0 Å². The molecule has 0 heterocycles. The number of hydrogen-bond acceptors (Lipinski definition) is 3. The lowest BCUT2D eigenvalue weighted by Gasteiger charge is -2.27. The molecule has 1 aromatic rings. The molecule has 3 N–H and O–H groups in total. The van der Waals surface area contributed by atoms with Crippen molar-refractivity contribution in [2.45, 2.75) is 39.2 Å². The monoisotopic (exact) mass is 275 g/mol. The smallest absolute Gasteiger partial charge is 0.251 e. The Morgan fingerprint density at radius 3 is 2.70 bits per heavy atom. The molecule has 0 bridgehead atoms. The van der Waals surface area contributed by atoms with Gasteiger partial charge in [0.2, 0.25) is 0 Å². The number of carbonyl (C=O) groups is 1. The summed E-state index contributed by atoms with van der Waals surface area (Å²) in [6, 6.07) is 6.14. The Labute approximate surface area is 121 Å². The molecule has 0 radical (unpaired) electrons. The minimum Gasteiger partial charge on any atom is -0.397 e. The van der Waals surface area contributed by atoms with Crippen molar-refractivity contribution < 1.29 is 4.79 Å². The van der Waals surface area contributed by atoms with Gasteiger partial charge in [0.1, 0.15) is 0 Å². The highest BCUT2D eigenvalue weighted by Gasteiger charge is 2.30. The van der Waals surface area contributed by atoms with Crippen molar-refractivity contribution in [1.29, 1.82) is 0 Å². The van der Waals surface area contributed by atoms with Crippen LogP contribution in [0, 0.1) is 5.92 Å². The van der Waals surface area contributed by atoms with E-state index in [4.69, 9.17) is 5.73 Å². The van der Waals surface area contributed by atoms with Crippen LogP contribution in [0.5, 0.6) is 0 Å². The van der Waals surface area contributed by atoms with Crippen LogP contribution >= 0.6 is 0 Å². The Morgan fingerprint density at radius 1 is 1.45 bits per heavy atom. The highest BCUT2D eigenvalue weighted by molar-refractivity contribution is 5.96. The van der Waals surface area contributed by atoms with Crippen molar-refractivity contribution in [2.24, 2.45) is 5.92 Å². The molecule has 20 heavy (non-hydrogen) atoms. The third-order valence-corrected chi connectivity index (χ3v) is 3.76. The van der Waals surface area contributed by atoms with Crippen LogP contribution in [0.3, 0.4) is 0 Å². The second-order valence-electron chi connectivity index (χ2n) is 5.96. The van der Waals surface area contributed by atoms with E-state index in [1.807, 2.05) is 12.1 Å². The lowest BCUT2D eigenvalue weighted by molar-refractivity contribution is 0.0963. The number of hydrogen-bond donors (Lipinski definition) is 2. The van der Waals surface area contributed by atoms with Gasteiger partial charge in [0.25, 0.3) is 5.91 Å². The summed E-state index contributed by atoms with van der Waals surface area (Å²) < 4.78 is 0. The third-order valence-electron chi connectivity index (χ3n) is 3.76. The van der Waals surface area contributed by atoms with E-state index in [0.29, 0.717) is 17.5 Å². The number of carbonyl (C=O) groups excluding carboxylic acids is 1. The van der Waals surface area contributed by atoms with E-state index in [0.717, 1.165) is 24.3 Å². The lowest BCUT2D eigenvalue weighted by atomic mass is 10.1. The summed E-state index contributed by atoms with van der Waals surface area (Å²) in [5, 5.41) is 2.66. The van der Waals surface area contributed by atoms with E-state index in [1.165, 1.54) is 12.8 Å². The molecular weight excluding hydrogens is 250 g/mol. The molecule has 0 unspecified atom stereocenters. The molecule has 2 rings (SSSR count). The molecule has 110 valence electrons. The van der Waals surface area contributed by atoms with Crippen LogP contribution in [0.25, 0.3) is 0 Å². The third kappa shape index (κ3) is 3.44. The summed E-state index contributed by atoms with van der Waals surface area (Å²) >= 11 is 0. The van der Waals surface area contributed by atoms with Gasteiger partial charge in [0.05, 0.1) is 11.4 Å². The van der Waals surface area contributed by atoms with Crippen LogP contribution in [0.2, 0.25) is 0 Å². The standard InChI is InChI=1S/C16H25N3O/c1-11(2)8-9-19(13-5-6-13)15-10-12(16(20)18-3)4-7-14(15)17/h4,7,10-11,13H,5-6,8-9,17H2,1-3H3,(H,18,20). The number of anilines is 2. The fourth-order valence-electron chi connectivity index (χ4n) is 2.36. The van der Waals surface area contributed by atoms with Crippen LogP contribution in [-0.4, -0.2) is 25.5 Å². The molecule has 1 fully saturated rings. The van der Waals surface area contributed by atoms with Crippen LogP contribution in [0.15, 0.2) is 18.2 Å². The Bertz CT molecular complexity index is 481. The minimum atomic E-state index is -0.0640. The van der Waals surface area contributed by atoms with E-state index < -0.39 is 0 Å². The topological polar surface area (TPSA) is 58.4 Å². The van der Waals surface area contributed by atoms with Crippen molar-refractivity contribution in [2.75, 3.05) is 24.2 Å². The van der Waals surface area contributed by atoms with Crippen LogP contribution in [-0.2, 0) is 0 Å². The number of nitrogen functional groups attached to an aromatic ring is 1. The molecule has 0 atom stereocenters. The maximum Gasteiger partial charge on any atom is 0.251 e. The van der Waals surface area contributed by atoms with E-state index in [2.05, 4.69) is 24.1 Å². The first kappa shape index (κ1) is 14.7. The van der Waals surface area contributed by atoms with Gasteiger partial charge in [-0.3, -0.25) is 4.79 Å². The van der Waals surface area contributed by atoms with Gasteiger partial charge in [-0.15, -0.1) is 0 Å². The molecule has 0 spiro atoms. The van der Waals surface area contributed by atoms with Gasteiger partial charge in [0.15, 0.2) is 0 Å². The second kappa shape index (κ2) is 6.16. The van der Waals surface area contributed by atoms with Crippen LogP contribution in [0.1, 0.15) is 43.5 Å². The van der Waals surface area contributed by atoms with Crippen molar-refractivity contribution >= 4 is 17.3 Å². The number of rotatable bonds is 6. The zero-order valence-electron chi connectivity index (χ0n) is 12.6. The summed E-state index contributed by atoms with van der Waals surface area (Å²) in [7, 11) is 1.65. The molecule has 0 saturated heterocycles. The van der Waals surface area contributed by atoms with Crippen molar-refractivity contribution in [3.05, 3.63) is 23.8 Å². The fourth-order valence-corrected chi connectivity index (χ4v) is 2.36. The first-order valence-electron chi connectivity index (χ1n) is 7.41. The molecular formula is C16H25N3O. The van der Waals surface area contributed by atoms with Gasteiger partial charge in [-0.1, -0.05) is 13.8 Å². The maximum atomic E-state index is 11.8. The predicted octanol–water partition coefficient (Wildman–Crippen LogP) is 2.64. The number of benzene rings is 1. The van der Waals surface area contributed by atoms with Gasteiger partial charge in [-0.2, -0.15) is 0 Å². The SMILES string of the molecule is CNC(=O)c1ccc(N)c(N(CCC(C)C)C2CC2)c1. The summed E-state index contributed by atoms with van der Waals surface area (Å²) in [5.41, 5.74) is 8.57. The first-order valence-corrected chi connectivity index (χ1v) is 7.41. The van der Waals surface area contributed by atoms with Crippen molar-refractivity contribution in [1.82, 2.24) is 5.32 Å². The summed E-state index contributed by atoms with van der Waals surface area (Å²) in [6.45, 7) is 5.47. The highest BCUT2D eigenvalue weighted by Crippen LogP contribution is 2.35.